The Balaban J connectivity index is 2.11. The van der Waals surface area contributed by atoms with Crippen LogP contribution in [0.5, 0.6) is 0 Å². The van der Waals surface area contributed by atoms with E-state index in [-0.39, 0.29) is 0 Å². The summed E-state index contributed by atoms with van der Waals surface area (Å²) in [7, 11) is 0. The van der Waals surface area contributed by atoms with Crippen molar-refractivity contribution in [1.29, 1.82) is 0 Å². The SMILES string of the molecule is CCC1CC1NC(C)c1c(C)cc(C)cc1C. The Kier molecular flexibility index (Phi) is 3.58. The summed E-state index contributed by atoms with van der Waals surface area (Å²) in [5, 5.41) is 3.77. The zero-order valence-corrected chi connectivity index (χ0v) is 11.8. The Hall–Kier alpha value is -0.820. The molecule has 2 rings (SSSR count). The lowest BCUT2D eigenvalue weighted by Gasteiger charge is -2.20. The second-order valence-electron chi connectivity index (χ2n) is 5.71. The van der Waals surface area contributed by atoms with Crippen molar-refractivity contribution in [3.05, 3.63) is 34.4 Å². The molecule has 1 nitrogen and oxygen atoms in total. The van der Waals surface area contributed by atoms with Crippen LogP contribution in [0.15, 0.2) is 12.1 Å². The molecular formula is C16H25N. The fraction of sp³-hybridized carbons (Fsp3) is 0.625. The molecule has 1 saturated carbocycles. The third kappa shape index (κ3) is 2.71. The molecule has 0 bridgehead atoms. The molecule has 1 heteroatoms. The number of aryl methyl sites for hydroxylation is 3. The lowest BCUT2D eigenvalue weighted by molar-refractivity contribution is 0.535. The monoisotopic (exact) mass is 231 g/mol. The largest absolute Gasteiger partial charge is 0.307 e. The first-order chi connectivity index (χ1) is 8.02. The highest BCUT2D eigenvalue weighted by molar-refractivity contribution is 5.39. The van der Waals surface area contributed by atoms with E-state index in [9.17, 15) is 0 Å². The van der Waals surface area contributed by atoms with Gasteiger partial charge in [-0.2, -0.15) is 0 Å². The molecule has 3 unspecified atom stereocenters. The molecule has 0 spiro atoms. The zero-order valence-electron chi connectivity index (χ0n) is 11.8. The molecule has 3 atom stereocenters. The Bertz CT molecular complexity index is 385. The second-order valence-corrected chi connectivity index (χ2v) is 5.71. The minimum absolute atomic E-state index is 0.483. The first kappa shape index (κ1) is 12.6. The summed E-state index contributed by atoms with van der Waals surface area (Å²) < 4.78 is 0. The normalized spacial score (nSPS) is 24.8. The number of hydrogen-bond donors (Lipinski definition) is 1. The molecule has 1 aliphatic rings. The van der Waals surface area contributed by atoms with Gasteiger partial charge in [0.25, 0.3) is 0 Å². The van der Waals surface area contributed by atoms with Crippen LogP contribution in [-0.2, 0) is 0 Å². The third-order valence-electron chi connectivity index (χ3n) is 4.08. The highest BCUT2D eigenvalue weighted by Gasteiger charge is 2.36. The summed E-state index contributed by atoms with van der Waals surface area (Å²) in [4.78, 5) is 0. The fourth-order valence-electron chi connectivity index (χ4n) is 3.18. The zero-order chi connectivity index (χ0) is 12.6. The van der Waals surface area contributed by atoms with Crippen molar-refractivity contribution >= 4 is 0 Å². The predicted octanol–water partition coefficient (Wildman–Crippen LogP) is 4.06. The molecule has 1 fully saturated rings. The number of benzene rings is 1. The molecule has 17 heavy (non-hydrogen) atoms. The van der Waals surface area contributed by atoms with E-state index in [1.165, 1.54) is 35.1 Å². The van der Waals surface area contributed by atoms with E-state index in [1.54, 1.807) is 0 Å². The van der Waals surface area contributed by atoms with Crippen molar-refractivity contribution in [3.8, 4) is 0 Å². The van der Waals surface area contributed by atoms with Crippen LogP contribution in [0.25, 0.3) is 0 Å². The van der Waals surface area contributed by atoms with Crippen molar-refractivity contribution in [2.24, 2.45) is 5.92 Å². The molecule has 0 radical (unpaired) electrons. The lowest BCUT2D eigenvalue weighted by Crippen LogP contribution is -2.23. The van der Waals surface area contributed by atoms with Gasteiger partial charge in [0.05, 0.1) is 0 Å². The van der Waals surface area contributed by atoms with Gasteiger partial charge in [0.15, 0.2) is 0 Å². The van der Waals surface area contributed by atoms with Gasteiger partial charge in [-0.3, -0.25) is 0 Å². The maximum absolute atomic E-state index is 3.77. The van der Waals surface area contributed by atoms with E-state index >= 15 is 0 Å². The highest BCUT2D eigenvalue weighted by atomic mass is 15.0. The molecule has 1 aromatic carbocycles. The van der Waals surface area contributed by atoms with Gasteiger partial charge in [-0.15, -0.1) is 0 Å². The molecule has 1 aliphatic carbocycles. The van der Waals surface area contributed by atoms with Crippen LogP contribution in [-0.4, -0.2) is 6.04 Å². The van der Waals surface area contributed by atoms with E-state index in [2.05, 4.69) is 52.1 Å². The van der Waals surface area contributed by atoms with Gasteiger partial charge < -0.3 is 5.32 Å². The van der Waals surface area contributed by atoms with E-state index < -0.39 is 0 Å². The molecule has 0 aliphatic heterocycles. The average Bonchev–Trinajstić information content (AvgIpc) is 2.94. The van der Waals surface area contributed by atoms with E-state index in [0.29, 0.717) is 6.04 Å². The quantitative estimate of drug-likeness (QED) is 0.824. The van der Waals surface area contributed by atoms with Crippen molar-refractivity contribution in [2.75, 3.05) is 0 Å². The molecule has 94 valence electrons. The van der Waals surface area contributed by atoms with E-state index in [4.69, 9.17) is 0 Å². The van der Waals surface area contributed by atoms with Crippen LogP contribution < -0.4 is 5.32 Å². The van der Waals surface area contributed by atoms with Gasteiger partial charge in [-0.05, 0) is 56.7 Å². The first-order valence-electron chi connectivity index (χ1n) is 6.86. The Morgan fingerprint density at radius 3 is 2.29 bits per heavy atom. The number of hydrogen-bond acceptors (Lipinski definition) is 1. The standard InChI is InChI=1S/C16H25N/c1-6-14-9-15(14)17-13(5)16-11(3)7-10(2)8-12(16)4/h7-8,13-15,17H,6,9H2,1-5H3. The summed E-state index contributed by atoms with van der Waals surface area (Å²) >= 11 is 0. The van der Waals surface area contributed by atoms with Crippen molar-refractivity contribution < 1.29 is 0 Å². The van der Waals surface area contributed by atoms with Gasteiger partial charge in [-0.25, -0.2) is 0 Å². The summed E-state index contributed by atoms with van der Waals surface area (Å²) in [6.45, 7) is 11.2. The topological polar surface area (TPSA) is 12.0 Å². The van der Waals surface area contributed by atoms with E-state index in [1.807, 2.05) is 0 Å². The fourth-order valence-corrected chi connectivity index (χ4v) is 3.18. The number of nitrogens with one attached hydrogen (secondary N) is 1. The summed E-state index contributed by atoms with van der Waals surface area (Å²) in [6.07, 6.45) is 2.68. The van der Waals surface area contributed by atoms with Crippen LogP contribution in [0.1, 0.15) is 55.0 Å². The summed E-state index contributed by atoms with van der Waals surface area (Å²) in [5.41, 5.74) is 5.72. The van der Waals surface area contributed by atoms with Crippen LogP contribution >= 0.6 is 0 Å². The molecule has 0 heterocycles. The molecule has 1 aromatic rings. The second kappa shape index (κ2) is 4.81. The Morgan fingerprint density at radius 1 is 1.24 bits per heavy atom. The van der Waals surface area contributed by atoms with Crippen molar-refractivity contribution in [2.45, 2.75) is 59.5 Å². The smallest absolute Gasteiger partial charge is 0.0299 e. The van der Waals surface area contributed by atoms with Gasteiger partial charge in [0.1, 0.15) is 0 Å². The minimum Gasteiger partial charge on any atom is -0.307 e. The predicted molar refractivity (Wildman–Crippen MR) is 74.4 cm³/mol. The van der Waals surface area contributed by atoms with Crippen molar-refractivity contribution in [3.63, 3.8) is 0 Å². The minimum atomic E-state index is 0.483. The molecular weight excluding hydrogens is 206 g/mol. The van der Waals surface area contributed by atoms with Gasteiger partial charge in [-0.1, -0.05) is 31.0 Å². The molecule has 0 amide bonds. The average molecular weight is 231 g/mol. The summed E-state index contributed by atoms with van der Waals surface area (Å²) in [6, 6.07) is 5.84. The van der Waals surface area contributed by atoms with Crippen LogP contribution in [0.4, 0.5) is 0 Å². The maximum Gasteiger partial charge on any atom is 0.0299 e. The Labute approximate surface area is 106 Å². The summed E-state index contributed by atoms with van der Waals surface area (Å²) in [5.74, 6) is 0.920. The Morgan fingerprint density at radius 2 is 1.82 bits per heavy atom. The van der Waals surface area contributed by atoms with Gasteiger partial charge >= 0.3 is 0 Å². The van der Waals surface area contributed by atoms with Crippen molar-refractivity contribution in [1.82, 2.24) is 5.32 Å². The molecule has 0 aromatic heterocycles. The third-order valence-corrected chi connectivity index (χ3v) is 4.08. The lowest BCUT2D eigenvalue weighted by atomic mass is 9.95. The van der Waals surface area contributed by atoms with Crippen LogP contribution in [0, 0.1) is 26.7 Å². The highest BCUT2D eigenvalue weighted by Crippen LogP contribution is 2.36. The van der Waals surface area contributed by atoms with Gasteiger partial charge in [0, 0.05) is 12.1 Å². The molecule has 1 N–H and O–H groups in total. The van der Waals surface area contributed by atoms with Crippen LogP contribution in [0.2, 0.25) is 0 Å². The maximum atomic E-state index is 3.77. The van der Waals surface area contributed by atoms with Crippen LogP contribution in [0.3, 0.4) is 0 Å². The van der Waals surface area contributed by atoms with E-state index in [0.717, 1.165) is 12.0 Å². The first-order valence-corrected chi connectivity index (χ1v) is 6.86. The number of rotatable bonds is 4. The van der Waals surface area contributed by atoms with Gasteiger partial charge in [0.2, 0.25) is 0 Å². The molecule has 0 saturated heterocycles.